The summed E-state index contributed by atoms with van der Waals surface area (Å²) in [7, 11) is 1.33. The van der Waals surface area contributed by atoms with Crippen molar-refractivity contribution in [1.82, 2.24) is 0 Å². The van der Waals surface area contributed by atoms with Crippen molar-refractivity contribution in [3.05, 3.63) is 52.2 Å². The van der Waals surface area contributed by atoms with Crippen LogP contribution < -0.4 is 4.74 Å². The fraction of sp³-hybridized carbons (Fsp3) is 0.182. The number of hydrogen-bond donors (Lipinski definition) is 0. The Kier molecular flexibility index (Phi) is 3.47. The molecule has 0 radical (unpaired) electrons. The van der Waals surface area contributed by atoms with Crippen molar-refractivity contribution in [3.63, 3.8) is 0 Å². The minimum atomic E-state index is -1.04. The first-order valence-electron chi connectivity index (χ1n) is 5.02. The van der Waals surface area contributed by atoms with Crippen molar-refractivity contribution in [2.24, 2.45) is 5.11 Å². The summed E-state index contributed by atoms with van der Waals surface area (Å²) in [5.74, 6) is -0.453. The molecule has 0 amide bonds. The molecule has 1 aromatic rings. The molecule has 7 nitrogen and oxygen atoms in total. The molecule has 1 aliphatic heterocycles. The monoisotopic (exact) mass is 247 g/mol. The highest BCUT2D eigenvalue weighted by Gasteiger charge is 2.35. The average molecular weight is 247 g/mol. The van der Waals surface area contributed by atoms with E-state index in [-0.39, 0.29) is 11.5 Å². The minimum Gasteiger partial charge on any atom is -0.449 e. The largest absolute Gasteiger partial charge is 0.449 e. The molecular formula is C11H9N3O4. The van der Waals surface area contributed by atoms with E-state index in [1.807, 2.05) is 0 Å². The number of carbonyl (C=O) groups is 1. The van der Waals surface area contributed by atoms with Crippen LogP contribution in [-0.2, 0) is 14.3 Å². The van der Waals surface area contributed by atoms with Gasteiger partial charge in [0.05, 0.1) is 0 Å². The first-order valence-corrected chi connectivity index (χ1v) is 5.02. The molecule has 92 valence electrons. The Labute approximate surface area is 102 Å². The van der Waals surface area contributed by atoms with E-state index in [9.17, 15) is 4.79 Å². The third-order valence-corrected chi connectivity index (χ3v) is 2.19. The molecule has 0 aromatic heterocycles. The van der Waals surface area contributed by atoms with E-state index < -0.39 is 12.3 Å². The Morgan fingerprint density at radius 2 is 2.11 bits per heavy atom. The van der Waals surface area contributed by atoms with E-state index in [4.69, 9.17) is 19.7 Å². The first-order chi connectivity index (χ1) is 8.76. The van der Waals surface area contributed by atoms with Crippen LogP contribution in [0.4, 0.5) is 0 Å². The zero-order valence-corrected chi connectivity index (χ0v) is 9.44. The van der Waals surface area contributed by atoms with Gasteiger partial charge in [0.25, 0.3) is 0 Å². The molecule has 7 heteroatoms. The molecule has 0 aliphatic carbocycles. The van der Waals surface area contributed by atoms with Crippen molar-refractivity contribution >= 4 is 5.97 Å². The predicted octanol–water partition coefficient (Wildman–Crippen LogP) is 2.12. The molecule has 1 atom stereocenters. The molecule has 18 heavy (non-hydrogen) atoms. The highest BCUT2D eigenvalue weighted by molar-refractivity contribution is 5.90. The van der Waals surface area contributed by atoms with Crippen LogP contribution in [0.1, 0.15) is 0 Å². The van der Waals surface area contributed by atoms with Crippen molar-refractivity contribution in [2.75, 3.05) is 7.11 Å². The van der Waals surface area contributed by atoms with E-state index in [0.29, 0.717) is 5.75 Å². The minimum absolute atomic E-state index is 0.0196. The number of azide groups is 1. The Balaban J connectivity index is 2.35. The fourth-order valence-electron chi connectivity index (χ4n) is 1.42. The number of para-hydroxylation sites is 1. The van der Waals surface area contributed by atoms with Gasteiger partial charge in [-0.2, -0.15) is 0 Å². The van der Waals surface area contributed by atoms with Gasteiger partial charge in [0, 0.05) is 12.0 Å². The van der Waals surface area contributed by atoms with Gasteiger partial charge in [-0.3, -0.25) is 0 Å². The second-order valence-corrected chi connectivity index (χ2v) is 3.29. The molecule has 0 saturated carbocycles. The maximum atomic E-state index is 11.6. The normalized spacial score (nSPS) is 18.3. The van der Waals surface area contributed by atoms with Crippen LogP contribution in [0.3, 0.4) is 0 Å². The van der Waals surface area contributed by atoms with Crippen LogP contribution >= 0.6 is 0 Å². The Hall–Kier alpha value is -2.50. The summed E-state index contributed by atoms with van der Waals surface area (Å²) in [6.07, 6.45) is -1.04. The van der Waals surface area contributed by atoms with Gasteiger partial charge in [-0.15, -0.1) is 0 Å². The molecular weight excluding hydrogens is 238 g/mol. The molecule has 2 rings (SSSR count). The number of hydrogen-bond acceptors (Lipinski definition) is 5. The molecule has 1 heterocycles. The van der Waals surface area contributed by atoms with Crippen molar-refractivity contribution < 1.29 is 19.0 Å². The van der Waals surface area contributed by atoms with Gasteiger partial charge < -0.3 is 14.2 Å². The summed E-state index contributed by atoms with van der Waals surface area (Å²) in [6, 6.07) is 8.62. The van der Waals surface area contributed by atoms with Crippen LogP contribution in [0, 0.1) is 0 Å². The third-order valence-electron chi connectivity index (χ3n) is 2.19. The summed E-state index contributed by atoms with van der Waals surface area (Å²) in [5, 5.41) is 3.37. The van der Waals surface area contributed by atoms with Gasteiger partial charge in [0.1, 0.15) is 11.4 Å². The number of cyclic esters (lactones) is 1. The lowest BCUT2D eigenvalue weighted by molar-refractivity contribution is -0.157. The molecule has 1 aliphatic rings. The Morgan fingerprint density at radius 1 is 1.39 bits per heavy atom. The van der Waals surface area contributed by atoms with Gasteiger partial charge in [-0.25, -0.2) is 4.79 Å². The van der Waals surface area contributed by atoms with Crippen molar-refractivity contribution in [2.45, 2.75) is 6.29 Å². The van der Waals surface area contributed by atoms with Gasteiger partial charge in [-0.1, -0.05) is 23.3 Å². The van der Waals surface area contributed by atoms with Gasteiger partial charge in [0.2, 0.25) is 12.0 Å². The van der Waals surface area contributed by atoms with Crippen molar-refractivity contribution in [1.29, 1.82) is 0 Å². The van der Waals surface area contributed by atoms with Crippen LogP contribution in [0.5, 0.6) is 5.75 Å². The lowest BCUT2D eigenvalue weighted by Gasteiger charge is -2.06. The highest BCUT2D eigenvalue weighted by Crippen LogP contribution is 2.27. The third kappa shape index (κ3) is 2.27. The van der Waals surface area contributed by atoms with E-state index in [2.05, 4.69) is 10.0 Å². The first kappa shape index (κ1) is 12.0. The molecule has 1 aromatic carbocycles. The second kappa shape index (κ2) is 5.22. The maximum Gasteiger partial charge on any atom is 0.377 e. The summed E-state index contributed by atoms with van der Waals surface area (Å²) in [4.78, 5) is 14.2. The predicted molar refractivity (Wildman–Crippen MR) is 60.1 cm³/mol. The number of esters is 1. The Morgan fingerprint density at radius 3 is 2.72 bits per heavy atom. The van der Waals surface area contributed by atoms with E-state index in [1.165, 1.54) is 7.11 Å². The van der Waals surface area contributed by atoms with Gasteiger partial charge in [0.15, 0.2) is 0 Å². The second-order valence-electron chi connectivity index (χ2n) is 3.29. The molecule has 0 spiro atoms. The van der Waals surface area contributed by atoms with Gasteiger partial charge >= 0.3 is 5.97 Å². The topological polar surface area (TPSA) is 93.5 Å². The number of ether oxygens (including phenoxy) is 3. The molecule has 0 saturated heterocycles. The number of carbonyl (C=O) groups excluding carboxylic acids is 1. The SMILES string of the molecule is COC1OC(=O)C(Oc2ccccc2)=C1N=[N+]=[N-]. The molecule has 0 bridgehead atoms. The smallest absolute Gasteiger partial charge is 0.377 e. The number of methoxy groups -OCH3 is 1. The number of rotatable bonds is 4. The Bertz CT molecular complexity index is 534. The lowest BCUT2D eigenvalue weighted by Crippen LogP contribution is -2.12. The summed E-state index contributed by atoms with van der Waals surface area (Å²) < 4.78 is 15.0. The quantitative estimate of drug-likeness (QED) is 0.352. The standard InChI is InChI=1S/C11H9N3O4/c1-16-11-8(13-14-12)9(10(15)18-11)17-7-5-3-2-4-6-7/h2-6,11H,1H3. The van der Waals surface area contributed by atoms with Gasteiger partial charge in [-0.05, 0) is 17.7 Å². The zero-order valence-electron chi connectivity index (χ0n) is 9.44. The zero-order chi connectivity index (χ0) is 13.0. The van der Waals surface area contributed by atoms with Crippen molar-refractivity contribution in [3.8, 4) is 5.75 Å². The fourth-order valence-corrected chi connectivity index (χ4v) is 1.42. The van der Waals surface area contributed by atoms with Crippen LogP contribution in [-0.4, -0.2) is 19.4 Å². The molecule has 0 N–H and O–H groups in total. The highest BCUT2D eigenvalue weighted by atomic mass is 16.7. The molecule has 0 fully saturated rings. The lowest BCUT2D eigenvalue weighted by atomic mass is 10.3. The molecule has 1 unspecified atom stereocenters. The van der Waals surface area contributed by atoms with Crippen LogP contribution in [0.25, 0.3) is 10.4 Å². The number of nitrogens with zero attached hydrogens (tertiary/aromatic N) is 3. The summed E-state index contributed by atoms with van der Waals surface area (Å²) >= 11 is 0. The van der Waals surface area contributed by atoms with Crippen LogP contribution in [0.2, 0.25) is 0 Å². The number of benzene rings is 1. The van der Waals surface area contributed by atoms with E-state index in [0.717, 1.165) is 0 Å². The maximum absolute atomic E-state index is 11.6. The van der Waals surface area contributed by atoms with E-state index >= 15 is 0 Å². The van der Waals surface area contributed by atoms with Crippen LogP contribution in [0.15, 0.2) is 46.9 Å². The van der Waals surface area contributed by atoms with E-state index in [1.54, 1.807) is 30.3 Å². The summed E-state index contributed by atoms with van der Waals surface area (Å²) in [5.41, 5.74) is 8.44. The average Bonchev–Trinajstić information content (AvgIpc) is 2.69. The summed E-state index contributed by atoms with van der Waals surface area (Å²) in [6.45, 7) is 0.